The van der Waals surface area contributed by atoms with Crippen LogP contribution in [0.5, 0.6) is 0 Å². The van der Waals surface area contributed by atoms with Crippen LogP contribution in [0.1, 0.15) is 29.6 Å². The third-order valence-electron chi connectivity index (χ3n) is 3.56. The summed E-state index contributed by atoms with van der Waals surface area (Å²) in [7, 11) is 0. The van der Waals surface area contributed by atoms with Crippen molar-refractivity contribution in [3.8, 4) is 5.82 Å². The number of pyridine rings is 1. The molecule has 98 valence electrons. The van der Waals surface area contributed by atoms with Crippen LogP contribution in [0.25, 0.3) is 5.82 Å². The molecule has 3 rings (SSSR count). The van der Waals surface area contributed by atoms with Crippen molar-refractivity contribution in [2.24, 2.45) is 5.92 Å². The summed E-state index contributed by atoms with van der Waals surface area (Å²) < 4.78 is 1.80. The smallest absolute Gasteiger partial charge is 0.252 e. The summed E-state index contributed by atoms with van der Waals surface area (Å²) in [6, 6.07) is 3.61. The van der Waals surface area contributed by atoms with Crippen molar-refractivity contribution in [1.82, 2.24) is 19.9 Å². The molecule has 2 heterocycles. The fraction of sp³-hybridized carbons (Fsp3) is 0.357. The molecule has 1 amide bonds. The van der Waals surface area contributed by atoms with Crippen LogP contribution in [-0.2, 0) is 0 Å². The number of carbonyl (C=O) groups excluding carboxylic acids is 1. The number of nitrogens with zero attached hydrogens (tertiary/aromatic N) is 3. The lowest BCUT2D eigenvalue weighted by Gasteiger charge is -2.25. The first kappa shape index (κ1) is 11.9. The lowest BCUT2D eigenvalue weighted by Crippen LogP contribution is -2.32. The first-order valence-corrected chi connectivity index (χ1v) is 6.55. The van der Waals surface area contributed by atoms with Crippen molar-refractivity contribution in [2.75, 3.05) is 6.54 Å². The summed E-state index contributed by atoms with van der Waals surface area (Å²) in [6.45, 7) is 0.780. The van der Waals surface area contributed by atoms with Crippen molar-refractivity contribution in [1.29, 1.82) is 0 Å². The summed E-state index contributed by atoms with van der Waals surface area (Å²) in [5, 5.41) is 2.96. The SMILES string of the molecule is O=C(NCC1CCC1)c1ccc(-n2ccnc2)nc1. The Bertz CT molecular complexity index is 543. The van der Waals surface area contributed by atoms with Gasteiger partial charge in [-0.3, -0.25) is 9.36 Å². The molecule has 5 heteroatoms. The Morgan fingerprint density at radius 1 is 1.42 bits per heavy atom. The van der Waals surface area contributed by atoms with E-state index in [1.54, 1.807) is 29.4 Å². The van der Waals surface area contributed by atoms with Crippen LogP contribution in [0.15, 0.2) is 37.1 Å². The quantitative estimate of drug-likeness (QED) is 0.907. The number of imidazole rings is 1. The maximum Gasteiger partial charge on any atom is 0.252 e. The minimum Gasteiger partial charge on any atom is -0.352 e. The van der Waals surface area contributed by atoms with E-state index in [9.17, 15) is 4.79 Å². The maximum absolute atomic E-state index is 11.9. The maximum atomic E-state index is 11.9. The van der Waals surface area contributed by atoms with Crippen LogP contribution in [0.4, 0.5) is 0 Å². The normalized spacial score (nSPS) is 14.9. The average molecular weight is 256 g/mol. The van der Waals surface area contributed by atoms with Crippen molar-refractivity contribution >= 4 is 5.91 Å². The molecule has 0 aromatic carbocycles. The van der Waals surface area contributed by atoms with E-state index in [1.165, 1.54) is 19.3 Å². The molecule has 1 aliphatic rings. The van der Waals surface area contributed by atoms with Gasteiger partial charge in [0.25, 0.3) is 5.91 Å². The number of rotatable bonds is 4. The van der Waals surface area contributed by atoms with Gasteiger partial charge in [0.1, 0.15) is 12.1 Å². The van der Waals surface area contributed by atoms with Gasteiger partial charge in [0.15, 0.2) is 0 Å². The molecule has 0 spiro atoms. The van der Waals surface area contributed by atoms with E-state index in [1.807, 2.05) is 12.3 Å². The minimum atomic E-state index is -0.0448. The topological polar surface area (TPSA) is 59.8 Å². The molecule has 0 radical (unpaired) electrons. The third kappa shape index (κ3) is 2.65. The summed E-state index contributed by atoms with van der Waals surface area (Å²) in [5.74, 6) is 1.38. The molecule has 0 atom stereocenters. The Morgan fingerprint density at radius 3 is 2.89 bits per heavy atom. The highest BCUT2D eigenvalue weighted by Crippen LogP contribution is 2.25. The van der Waals surface area contributed by atoms with Gasteiger partial charge in [-0.1, -0.05) is 6.42 Å². The summed E-state index contributed by atoms with van der Waals surface area (Å²) in [4.78, 5) is 20.1. The monoisotopic (exact) mass is 256 g/mol. The Morgan fingerprint density at radius 2 is 2.32 bits per heavy atom. The zero-order valence-electron chi connectivity index (χ0n) is 10.6. The van der Waals surface area contributed by atoms with Gasteiger partial charge < -0.3 is 5.32 Å². The van der Waals surface area contributed by atoms with Gasteiger partial charge in [0.2, 0.25) is 0 Å². The molecular formula is C14H16N4O. The molecular weight excluding hydrogens is 240 g/mol. The van der Waals surface area contributed by atoms with Crippen LogP contribution in [-0.4, -0.2) is 27.0 Å². The Balaban J connectivity index is 1.63. The molecule has 5 nitrogen and oxygen atoms in total. The van der Waals surface area contributed by atoms with E-state index in [-0.39, 0.29) is 5.91 Å². The first-order chi connectivity index (χ1) is 9.33. The lowest BCUT2D eigenvalue weighted by molar-refractivity contribution is 0.0938. The Labute approximate surface area is 111 Å². The molecule has 0 aliphatic heterocycles. The highest BCUT2D eigenvalue weighted by molar-refractivity contribution is 5.93. The molecule has 1 saturated carbocycles. The average Bonchev–Trinajstić information content (AvgIpc) is 2.91. The number of nitrogens with one attached hydrogen (secondary N) is 1. The van der Waals surface area contributed by atoms with Gasteiger partial charge in [0, 0.05) is 25.1 Å². The summed E-state index contributed by atoms with van der Waals surface area (Å²) >= 11 is 0. The highest BCUT2D eigenvalue weighted by Gasteiger charge is 2.18. The second kappa shape index (κ2) is 5.22. The first-order valence-electron chi connectivity index (χ1n) is 6.55. The van der Waals surface area contributed by atoms with Gasteiger partial charge in [-0.2, -0.15) is 0 Å². The number of aromatic nitrogens is 3. The molecule has 0 saturated heterocycles. The number of amides is 1. The summed E-state index contributed by atoms with van der Waals surface area (Å²) in [6.07, 6.45) is 10.6. The zero-order valence-corrected chi connectivity index (χ0v) is 10.6. The van der Waals surface area contributed by atoms with E-state index < -0.39 is 0 Å². The Kier molecular flexibility index (Phi) is 3.27. The largest absolute Gasteiger partial charge is 0.352 e. The summed E-state index contributed by atoms with van der Waals surface area (Å²) in [5.41, 5.74) is 0.600. The second-order valence-electron chi connectivity index (χ2n) is 4.88. The molecule has 2 aromatic rings. The second-order valence-corrected chi connectivity index (χ2v) is 4.88. The Hall–Kier alpha value is -2.17. The van der Waals surface area contributed by atoms with Crippen molar-refractivity contribution in [3.63, 3.8) is 0 Å². The number of carbonyl (C=O) groups is 1. The van der Waals surface area contributed by atoms with Crippen LogP contribution in [0, 0.1) is 5.92 Å². The van der Waals surface area contributed by atoms with Crippen LogP contribution >= 0.6 is 0 Å². The van der Waals surface area contributed by atoms with Crippen LogP contribution in [0.2, 0.25) is 0 Å². The van der Waals surface area contributed by atoms with Gasteiger partial charge in [-0.15, -0.1) is 0 Å². The predicted molar refractivity (Wildman–Crippen MR) is 71.0 cm³/mol. The van der Waals surface area contributed by atoms with E-state index in [0.717, 1.165) is 12.4 Å². The number of hydrogen-bond acceptors (Lipinski definition) is 3. The third-order valence-corrected chi connectivity index (χ3v) is 3.56. The van der Waals surface area contributed by atoms with Crippen molar-refractivity contribution < 1.29 is 4.79 Å². The molecule has 19 heavy (non-hydrogen) atoms. The van der Waals surface area contributed by atoms with Gasteiger partial charge in [0.05, 0.1) is 5.56 Å². The fourth-order valence-electron chi connectivity index (χ4n) is 2.10. The van der Waals surface area contributed by atoms with Gasteiger partial charge in [-0.25, -0.2) is 9.97 Å². The van der Waals surface area contributed by atoms with E-state index in [2.05, 4.69) is 15.3 Å². The highest BCUT2D eigenvalue weighted by atomic mass is 16.1. The van der Waals surface area contributed by atoms with Gasteiger partial charge >= 0.3 is 0 Å². The molecule has 1 aliphatic carbocycles. The van der Waals surface area contributed by atoms with E-state index >= 15 is 0 Å². The van der Waals surface area contributed by atoms with Crippen LogP contribution < -0.4 is 5.32 Å². The van der Waals surface area contributed by atoms with Gasteiger partial charge in [-0.05, 0) is 30.9 Å². The minimum absolute atomic E-state index is 0.0448. The molecule has 1 fully saturated rings. The lowest BCUT2D eigenvalue weighted by atomic mass is 9.85. The zero-order chi connectivity index (χ0) is 13.1. The predicted octanol–water partition coefficient (Wildman–Crippen LogP) is 1.80. The van der Waals surface area contributed by atoms with E-state index in [4.69, 9.17) is 0 Å². The molecule has 2 aromatic heterocycles. The standard InChI is InChI=1S/C14H16N4O/c19-14(17-8-11-2-1-3-11)12-4-5-13(16-9-12)18-7-6-15-10-18/h4-7,9-11H,1-3,8H2,(H,17,19). The van der Waals surface area contributed by atoms with E-state index in [0.29, 0.717) is 11.5 Å². The molecule has 1 N–H and O–H groups in total. The van der Waals surface area contributed by atoms with Crippen LogP contribution in [0.3, 0.4) is 0 Å². The molecule has 0 unspecified atom stereocenters. The number of hydrogen-bond donors (Lipinski definition) is 1. The van der Waals surface area contributed by atoms with Crippen molar-refractivity contribution in [3.05, 3.63) is 42.6 Å². The molecule has 0 bridgehead atoms. The fourth-order valence-corrected chi connectivity index (χ4v) is 2.10. The van der Waals surface area contributed by atoms with Crippen molar-refractivity contribution in [2.45, 2.75) is 19.3 Å².